The Labute approximate surface area is 66.7 Å². The van der Waals surface area contributed by atoms with Gasteiger partial charge in [0.2, 0.25) is 0 Å². The second-order valence-corrected chi connectivity index (χ2v) is 3.17. The van der Waals surface area contributed by atoms with Crippen LogP contribution in [0.1, 0.15) is 4.88 Å². The van der Waals surface area contributed by atoms with Gasteiger partial charge in [-0.05, 0) is 11.4 Å². The van der Waals surface area contributed by atoms with Crippen molar-refractivity contribution in [2.45, 2.75) is 19.0 Å². The topological polar surface area (TPSA) is 0 Å². The van der Waals surface area contributed by atoms with Gasteiger partial charge in [0.1, 0.15) is 0 Å². The van der Waals surface area contributed by atoms with Crippen LogP contribution in [0.2, 0.25) is 0 Å². The highest BCUT2D eigenvalue weighted by Crippen LogP contribution is 2.16. The molecule has 1 aromatic heterocycles. The third-order valence-electron chi connectivity index (χ3n) is 1.25. The summed E-state index contributed by atoms with van der Waals surface area (Å²) >= 11 is 1.30. The summed E-state index contributed by atoms with van der Waals surface area (Å²) in [5, 5.41) is 1.74. The van der Waals surface area contributed by atoms with Gasteiger partial charge in [-0.25, -0.2) is 13.2 Å². The summed E-state index contributed by atoms with van der Waals surface area (Å²) in [5.74, 6) is 0. The van der Waals surface area contributed by atoms with Gasteiger partial charge >= 0.3 is 0 Å². The lowest BCUT2D eigenvalue weighted by Crippen LogP contribution is -2.14. The molecule has 0 bridgehead atoms. The van der Waals surface area contributed by atoms with Gasteiger partial charge in [-0.15, -0.1) is 11.3 Å². The molecular weight excluding hydrogens is 173 g/mol. The number of rotatable bonds is 3. The summed E-state index contributed by atoms with van der Waals surface area (Å²) in [4.78, 5) is 0.665. The first-order valence-corrected chi connectivity index (χ1v) is 4.02. The van der Waals surface area contributed by atoms with Gasteiger partial charge in [-0.3, -0.25) is 0 Å². The molecule has 0 aliphatic heterocycles. The Morgan fingerprint density at radius 3 is 2.55 bits per heavy atom. The largest absolute Gasteiger partial charge is 0.269 e. The zero-order valence-electron chi connectivity index (χ0n) is 5.64. The predicted molar refractivity (Wildman–Crippen MR) is 38.9 cm³/mol. The van der Waals surface area contributed by atoms with Gasteiger partial charge < -0.3 is 0 Å². The van der Waals surface area contributed by atoms with E-state index >= 15 is 0 Å². The summed E-state index contributed by atoms with van der Waals surface area (Å²) in [5.41, 5.74) is 0. The van der Waals surface area contributed by atoms with Gasteiger partial charge in [0.15, 0.2) is 6.17 Å². The van der Waals surface area contributed by atoms with Crippen LogP contribution in [0.4, 0.5) is 13.2 Å². The van der Waals surface area contributed by atoms with Gasteiger partial charge in [0.05, 0.1) is 0 Å². The molecule has 1 unspecified atom stereocenters. The lowest BCUT2D eigenvalue weighted by Gasteiger charge is -2.03. The SMILES string of the molecule is FC(F)C(F)Cc1cccs1. The van der Waals surface area contributed by atoms with E-state index in [4.69, 9.17) is 0 Å². The van der Waals surface area contributed by atoms with Crippen molar-refractivity contribution in [3.8, 4) is 0 Å². The molecule has 0 spiro atoms. The van der Waals surface area contributed by atoms with Crippen molar-refractivity contribution in [1.29, 1.82) is 0 Å². The van der Waals surface area contributed by atoms with Crippen LogP contribution in [0.3, 0.4) is 0 Å². The minimum Gasteiger partial charge on any atom is -0.241 e. The van der Waals surface area contributed by atoms with Crippen molar-refractivity contribution in [2.24, 2.45) is 0 Å². The summed E-state index contributed by atoms with van der Waals surface area (Å²) in [6.45, 7) is 0. The standard InChI is InChI=1S/C7H7F3S/c8-6(7(9)10)4-5-2-1-3-11-5/h1-3,6-7H,4H2. The smallest absolute Gasteiger partial charge is 0.241 e. The van der Waals surface area contributed by atoms with E-state index in [0.29, 0.717) is 4.88 Å². The van der Waals surface area contributed by atoms with E-state index in [2.05, 4.69) is 0 Å². The average Bonchev–Trinajstić information content (AvgIpc) is 2.39. The van der Waals surface area contributed by atoms with Crippen LogP contribution in [0.5, 0.6) is 0 Å². The molecule has 0 aliphatic rings. The molecule has 0 fully saturated rings. The first kappa shape index (κ1) is 8.59. The summed E-state index contributed by atoms with van der Waals surface area (Å²) < 4.78 is 35.6. The van der Waals surface area contributed by atoms with E-state index in [1.54, 1.807) is 17.5 Å². The van der Waals surface area contributed by atoms with Gasteiger partial charge in [0.25, 0.3) is 6.43 Å². The lowest BCUT2D eigenvalue weighted by atomic mass is 10.2. The fraction of sp³-hybridized carbons (Fsp3) is 0.429. The normalized spacial score (nSPS) is 13.8. The lowest BCUT2D eigenvalue weighted by molar-refractivity contribution is 0.0507. The number of alkyl halides is 3. The first-order valence-electron chi connectivity index (χ1n) is 3.14. The first-order chi connectivity index (χ1) is 5.20. The number of thiophene rings is 1. The number of hydrogen-bond acceptors (Lipinski definition) is 1. The Hall–Kier alpha value is -0.510. The molecule has 0 nitrogen and oxygen atoms in total. The second-order valence-electron chi connectivity index (χ2n) is 2.13. The Kier molecular flexibility index (Phi) is 2.93. The van der Waals surface area contributed by atoms with Crippen molar-refractivity contribution < 1.29 is 13.2 Å². The van der Waals surface area contributed by atoms with Crippen LogP contribution in [-0.2, 0) is 6.42 Å². The third kappa shape index (κ3) is 2.54. The molecule has 0 saturated heterocycles. The van der Waals surface area contributed by atoms with Crippen molar-refractivity contribution in [3.63, 3.8) is 0 Å². The molecule has 1 aromatic rings. The number of hydrogen-bond donors (Lipinski definition) is 0. The van der Waals surface area contributed by atoms with E-state index in [9.17, 15) is 13.2 Å². The highest BCUT2D eigenvalue weighted by molar-refractivity contribution is 7.09. The Morgan fingerprint density at radius 2 is 2.09 bits per heavy atom. The summed E-state index contributed by atoms with van der Waals surface area (Å²) in [6.07, 6.45) is -5.05. The minimum atomic E-state index is -2.86. The van der Waals surface area contributed by atoms with E-state index in [-0.39, 0.29) is 6.42 Å². The molecule has 1 atom stereocenters. The maximum absolute atomic E-state index is 12.3. The molecular formula is C7H7F3S. The molecule has 0 aromatic carbocycles. The molecule has 0 amide bonds. The molecule has 0 saturated carbocycles. The van der Waals surface area contributed by atoms with Crippen LogP contribution in [0.15, 0.2) is 17.5 Å². The monoisotopic (exact) mass is 180 g/mol. The molecule has 11 heavy (non-hydrogen) atoms. The van der Waals surface area contributed by atoms with Crippen molar-refractivity contribution in [1.82, 2.24) is 0 Å². The van der Waals surface area contributed by atoms with Gasteiger partial charge in [0, 0.05) is 11.3 Å². The van der Waals surface area contributed by atoms with Crippen LogP contribution in [-0.4, -0.2) is 12.6 Å². The number of halogens is 3. The molecule has 1 heterocycles. The molecule has 4 heteroatoms. The molecule has 62 valence electrons. The Morgan fingerprint density at radius 1 is 1.36 bits per heavy atom. The van der Waals surface area contributed by atoms with Crippen LogP contribution in [0.25, 0.3) is 0 Å². The van der Waals surface area contributed by atoms with Crippen molar-refractivity contribution >= 4 is 11.3 Å². The van der Waals surface area contributed by atoms with Crippen molar-refractivity contribution in [2.75, 3.05) is 0 Å². The van der Waals surface area contributed by atoms with Crippen LogP contribution >= 0.6 is 11.3 Å². The van der Waals surface area contributed by atoms with E-state index in [1.807, 2.05) is 0 Å². The second kappa shape index (κ2) is 3.76. The zero-order valence-corrected chi connectivity index (χ0v) is 6.45. The third-order valence-corrected chi connectivity index (χ3v) is 2.15. The quantitative estimate of drug-likeness (QED) is 0.671. The molecule has 0 aliphatic carbocycles. The van der Waals surface area contributed by atoms with Gasteiger partial charge in [-0.1, -0.05) is 6.07 Å². The molecule has 0 radical (unpaired) electrons. The highest BCUT2D eigenvalue weighted by atomic mass is 32.1. The minimum absolute atomic E-state index is 0.171. The highest BCUT2D eigenvalue weighted by Gasteiger charge is 2.19. The van der Waals surface area contributed by atoms with E-state index in [0.717, 1.165) is 0 Å². The summed E-state index contributed by atoms with van der Waals surface area (Å²) in [7, 11) is 0. The van der Waals surface area contributed by atoms with Crippen LogP contribution < -0.4 is 0 Å². The summed E-state index contributed by atoms with van der Waals surface area (Å²) in [6, 6.07) is 3.37. The fourth-order valence-corrected chi connectivity index (χ4v) is 1.45. The zero-order chi connectivity index (χ0) is 8.27. The maximum atomic E-state index is 12.3. The van der Waals surface area contributed by atoms with E-state index in [1.165, 1.54) is 11.3 Å². The maximum Gasteiger partial charge on any atom is 0.269 e. The van der Waals surface area contributed by atoms with Crippen LogP contribution in [0, 0.1) is 0 Å². The fourth-order valence-electron chi connectivity index (χ4n) is 0.710. The average molecular weight is 180 g/mol. The predicted octanol–water partition coefficient (Wildman–Crippen LogP) is 2.89. The van der Waals surface area contributed by atoms with E-state index < -0.39 is 12.6 Å². The van der Waals surface area contributed by atoms with Gasteiger partial charge in [-0.2, -0.15) is 0 Å². The Bertz CT molecular complexity index is 195. The molecule has 1 rings (SSSR count). The molecule has 0 N–H and O–H groups in total. The van der Waals surface area contributed by atoms with Crippen molar-refractivity contribution in [3.05, 3.63) is 22.4 Å². The Balaban J connectivity index is 2.43.